The van der Waals surface area contributed by atoms with Crippen molar-refractivity contribution in [1.82, 2.24) is 5.32 Å². The molecule has 0 aromatic rings. The zero-order valence-corrected chi connectivity index (χ0v) is 53.7. The van der Waals surface area contributed by atoms with Crippen molar-refractivity contribution in [1.29, 1.82) is 0 Å². The Kier molecular flexibility index (Phi) is 56.8. The maximum atomic E-state index is 13.5. The molecule has 80 heavy (non-hydrogen) atoms. The molecule has 1 N–H and O–H groups in total. The number of amides is 1. The number of hydrogen-bond acceptors (Lipinski definition) is 7. The molecule has 0 rings (SSSR count). The van der Waals surface area contributed by atoms with E-state index in [1.54, 1.807) is 0 Å². The maximum absolute atomic E-state index is 13.5. The van der Waals surface area contributed by atoms with Crippen molar-refractivity contribution >= 4 is 19.7 Å². The third-order valence-electron chi connectivity index (χ3n) is 14.3. The van der Waals surface area contributed by atoms with Crippen LogP contribution in [0.3, 0.4) is 0 Å². The standard InChI is InChI=1S/C70H125N2O7P/c1-7-10-13-16-19-22-25-28-30-31-32-33-34-35-36-37-38-39-40-41-42-45-48-51-54-57-60-63-70(74)79-68(61-58-55-52-49-46-43-27-24-21-18-15-12-9-3)67(66-78-80(75,76)77-65-64-72(4,5)6)71-69(73)62-59-56-53-50-47-44-29-26-23-20-17-14-11-8-2/h10-11,13-14,19-20,22-23,28,30,32-33,35-36,58,61,67-68H,7-9,12,15-18,21,24-27,29,31,34,37-57,59-60,62-66H2,1-6H3,(H-,71,73,75,76)/b13-10-,14-11+,22-19-,23-20+,30-28-,33-32-,36-35-,61-58-. The molecule has 0 saturated carbocycles. The second kappa shape index (κ2) is 59.1. The van der Waals surface area contributed by atoms with Gasteiger partial charge in [0.1, 0.15) is 19.3 Å². The summed E-state index contributed by atoms with van der Waals surface area (Å²) in [5.74, 6) is -0.553. The Labute approximate surface area is 494 Å². The first kappa shape index (κ1) is 76.9. The van der Waals surface area contributed by atoms with Crippen LogP contribution in [0, 0.1) is 0 Å². The van der Waals surface area contributed by atoms with Crippen LogP contribution in [-0.4, -0.2) is 69.4 Å². The Morgan fingerprint density at radius 2 is 0.800 bits per heavy atom. The van der Waals surface area contributed by atoms with Gasteiger partial charge in [0.05, 0.1) is 33.8 Å². The highest BCUT2D eigenvalue weighted by molar-refractivity contribution is 7.45. The molecule has 0 bridgehead atoms. The van der Waals surface area contributed by atoms with Gasteiger partial charge in [0.2, 0.25) is 5.91 Å². The topological polar surface area (TPSA) is 114 Å². The maximum Gasteiger partial charge on any atom is 0.306 e. The molecule has 10 heteroatoms. The van der Waals surface area contributed by atoms with Crippen LogP contribution < -0.4 is 10.2 Å². The van der Waals surface area contributed by atoms with Crippen LogP contribution in [0.25, 0.3) is 0 Å². The lowest BCUT2D eigenvalue weighted by atomic mass is 10.0. The monoisotopic (exact) mass is 1140 g/mol. The van der Waals surface area contributed by atoms with Gasteiger partial charge in [-0.2, -0.15) is 0 Å². The fourth-order valence-corrected chi connectivity index (χ4v) is 9.96. The predicted octanol–water partition coefficient (Wildman–Crippen LogP) is 20.1. The molecule has 462 valence electrons. The summed E-state index contributed by atoms with van der Waals surface area (Å²) < 4.78 is 30.4. The van der Waals surface area contributed by atoms with E-state index in [0.717, 1.165) is 122 Å². The molecule has 0 aliphatic carbocycles. The molecule has 0 fully saturated rings. The third-order valence-corrected chi connectivity index (χ3v) is 15.2. The number of carbonyl (C=O) groups is 2. The summed E-state index contributed by atoms with van der Waals surface area (Å²) in [6.07, 6.45) is 79.5. The van der Waals surface area contributed by atoms with Crippen LogP contribution in [0.1, 0.15) is 284 Å². The molecular weight excluding hydrogens is 1010 g/mol. The molecule has 1 amide bonds. The average Bonchev–Trinajstić information content (AvgIpc) is 3.42. The van der Waals surface area contributed by atoms with Crippen molar-refractivity contribution in [3.05, 3.63) is 97.2 Å². The van der Waals surface area contributed by atoms with E-state index in [9.17, 15) is 19.0 Å². The molecule has 0 aliphatic heterocycles. The van der Waals surface area contributed by atoms with Gasteiger partial charge >= 0.3 is 5.97 Å². The van der Waals surface area contributed by atoms with Gasteiger partial charge in [0, 0.05) is 12.8 Å². The quantitative estimate of drug-likeness (QED) is 0.0212. The molecule has 0 aromatic heterocycles. The van der Waals surface area contributed by atoms with E-state index in [0.29, 0.717) is 17.4 Å². The highest BCUT2D eigenvalue weighted by Crippen LogP contribution is 2.38. The van der Waals surface area contributed by atoms with Crippen LogP contribution in [-0.2, 0) is 27.9 Å². The molecular formula is C70H125N2O7P. The first-order valence-corrected chi connectivity index (χ1v) is 34.5. The van der Waals surface area contributed by atoms with Crippen LogP contribution >= 0.6 is 7.82 Å². The van der Waals surface area contributed by atoms with Gasteiger partial charge in [-0.15, -0.1) is 0 Å². The minimum absolute atomic E-state index is 0.0277. The second-order valence-electron chi connectivity index (χ2n) is 23.2. The van der Waals surface area contributed by atoms with Crippen LogP contribution in [0.4, 0.5) is 0 Å². The number of carbonyl (C=O) groups excluding carboxylic acids is 2. The van der Waals surface area contributed by atoms with E-state index in [2.05, 4.69) is 111 Å². The van der Waals surface area contributed by atoms with Crippen molar-refractivity contribution in [2.24, 2.45) is 0 Å². The lowest BCUT2D eigenvalue weighted by Gasteiger charge is -2.30. The predicted molar refractivity (Wildman–Crippen MR) is 344 cm³/mol. The minimum Gasteiger partial charge on any atom is -0.756 e. The summed E-state index contributed by atoms with van der Waals surface area (Å²) in [6, 6.07) is -0.898. The summed E-state index contributed by atoms with van der Waals surface area (Å²) in [4.78, 5) is 40.1. The number of unbranched alkanes of at least 4 members (excludes halogenated alkanes) is 29. The van der Waals surface area contributed by atoms with Gasteiger partial charge in [-0.3, -0.25) is 14.2 Å². The van der Waals surface area contributed by atoms with E-state index in [1.807, 2.05) is 33.3 Å². The highest BCUT2D eigenvalue weighted by Gasteiger charge is 2.27. The van der Waals surface area contributed by atoms with Crippen LogP contribution in [0.2, 0.25) is 0 Å². The summed E-state index contributed by atoms with van der Waals surface area (Å²) in [6.45, 7) is 6.63. The van der Waals surface area contributed by atoms with Crippen molar-refractivity contribution in [2.45, 2.75) is 296 Å². The average molecular weight is 1140 g/mol. The number of phosphoric ester groups is 1. The zero-order chi connectivity index (χ0) is 58.6. The van der Waals surface area contributed by atoms with Gasteiger partial charge in [0.25, 0.3) is 7.82 Å². The lowest BCUT2D eigenvalue weighted by molar-refractivity contribution is -0.870. The van der Waals surface area contributed by atoms with Crippen molar-refractivity contribution in [2.75, 3.05) is 40.9 Å². The lowest BCUT2D eigenvalue weighted by Crippen LogP contribution is -2.47. The molecule has 0 saturated heterocycles. The Morgan fingerprint density at radius 3 is 1.20 bits per heavy atom. The molecule has 0 spiro atoms. The minimum atomic E-state index is -4.71. The largest absolute Gasteiger partial charge is 0.756 e. The van der Waals surface area contributed by atoms with Crippen molar-refractivity contribution in [3.63, 3.8) is 0 Å². The number of rotatable bonds is 59. The van der Waals surface area contributed by atoms with Crippen LogP contribution in [0.5, 0.6) is 0 Å². The number of phosphoric acid groups is 1. The van der Waals surface area contributed by atoms with Crippen molar-refractivity contribution in [3.8, 4) is 0 Å². The Balaban J connectivity index is 5.10. The SMILES string of the molecule is CC/C=C\C/C=C\C/C=C\C/C=C\C/C=C\CCCCCCCCCCCCCC(=O)OC(/C=C\CCCCCCCCCCCCC)C(COP(=O)([O-])OCC[N+](C)(C)C)NC(=O)CCCCCCCCC/C=C/C/C=C/CC. The number of hydrogen-bond donors (Lipinski definition) is 1. The van der Waals surface area contributed by atoms with Gasteiger partial charge < -0.3 is 28.5 Å². The number of allylic oxidation sites excluding steroid dienone is 15. The summed E-state index contributed by atoms with van der Waals surface area (Å²) in [5, 5.41) is 3.03. The molecule has 0 heterocycles. The molecule has 0 radical (unpaired) electrons. The Bertz CT molecular complexity index is 1690. The zero-order valence-electron chi connectivity index (χ0n) is 52.8. The van der Waals surface area contributed by atoms with Gasteiger partial charge in [-0.25, -0.2) is 0 Å². The first-order valence-electron chi connectivity index (χ1n) is 33.0. The highest BCUT2D eigenvalue weighted by atomic mass is 31.2. The smallest absolute Gasteiger partial charge is 0.306 e. The van der Waals surface area contributed by atoms with E-state index >= 15 is 0 Å². The van der Waals surface area contributed by atoms with E-state index < -0.39 is 26.6 Å². The summed E-state index contributed by atoms with van der Waals surface area (Å²) in [5.41, 5.74) is 0. The molecule has 3 atom stereocenters. The van der Waals surface area contributed by atoms with E-state index in [-0.39, 0.29) is 24.9 Å². The Hall–Kier alpha value is -3.07. The normalized spacial score (nSPS) is 14.2. The summed E-state index contributed by atoms with van der Waals surface area (Å²) >= 11 is 0. The van der Waals surface area contributed by atoms with E-state index in [4.69, 9.17) is 13.8 Å². The second-order valence-corrected chi connectivity index (χ2v) is 24.6. The fraction of sp³-hybridized carbons (Fsp3) is 0.743. The van der Waals surface area contributed by atoms with Gasteiger partial charge in [-0.1, -0.05) is 266 Å². The number of likely N-dealkylation sites (N-methyl/N-ethyl adjacent to an activating group) is 1. The number of nitrogens with zero attached hydrogens (tertiary/aromatic N) is 1. The molecule has 9 nitrogen and oxygen atoms in total. The number of quaternary nitrogens is 1. The third kappa shape index (κ3) is 59.5. The van der Waals surface area contributed by atoms with Crippen molar-refractivity contribution < 1.29 is 37.3 Å². The number of ether oxygens (including phenoxy) is 1. The molecule has 0 aliphatic rings. The van der Waals surface area contributed by atoms with Gasteiger partial charge in [0.15, 0.2) is 0 Å². The van der Waals surface area contributed by atoms with E-state index in [1.165, 1.54) is 128 Å². The first-order chi connectivity index (χ1) is 38.9. The molecule has 3 unspecified atom stereocenters. The van der Waals surface area contributed by atoms with Gasteiger partial charge in [-0.05, 0) is 102 Å². The molecule has 0 aromatic carbocycles. The Morgan fingerprint density at radius 1 is 0.450 bits per heavy atom. The fourth-order valence-electron chi connectivity index (χ4n) is 9.23. The number of esters is 1. The summed E-state index contributed by atoms with van der Waals surface area (Å²) in [7, 11) is 1.17. The number of nitrogens with one attached hydrogen (secondary N) is 1. The van der Waals surface area contributed by atoms with Crippen LogP contribution in [0.15, 0.2) is 97.2 Å².